The fraction of sp³-hybridized carbons (Fsp3) is 0.500. The second-order valence-corrected chi connectivity index (χ2v) is 9.76. The molecule has 2 fully saturated rings. The fourth-order valence-corrected chi connectivity index (χ4v) is 5.06. The van der Waals surface area contributed by atoms with Crippen LogP contribution >= 0.6 is 0 Å². The van der Waals surface area contributed by atoms with Crippen LogP contribution in [-0.4, -0.2) is 69.4 Å². The average Bonchev–Trinajstić information content (AvgIpc) is 2.85. The number of urea groups is 1. The summed E-state index contributed by atoms with van der Waals surface area (Å²) in [6.45, 7) is 8.57. The molecule has 192 valence electrons. The Morgan fingerprint density at radius 1 is 0.944 bits per heavy atom. The third-order valence-corrected chi connectivity index (χ3v) is 7.02. The van der Waals surface area contributed by atoms with Crippen LogP contribution in [0.2, 0.25) is 0 Å². The zero-order valence-corrected chi connectivity index (χ0v) is 21.4. The Morgan fingerprint density at radius 2 is 1.56 bits per heavy atom. The first kappa shape index (κ1) is 25.6. The number of amides is 3. The molecule has 2 aliphatic rings. The number of hydrogen-bond donors (Lipinski definition) is 3. The Labute approximate surface area is 212 Å². The van der Waals surface area contributed by atoms with Crippen molar-refractivity contribution in [3.8, 4) is 0 Å². The van der Waals surface area contributed by atoms with Crippen LogP contribution < -0.4 is 16.4 Å². The number of aromatic nitrogens is 2. The molecule has 3 amide bonds. The van der Waals surface area contributed by atoms with Gasteiger partial charge in [0.2, 0.25) is 11.9 Å². The second kappa shape index (κ2) is 11.0. The van der Waals surface area contributed by atoms with Crippen LogP contribution in [0, 0.1) is 20.8 Å². The van der Waals surface area contributed by atoms with E-state index in [0.717, 1.165) is 42.9 Å². The number of carbonyl (C=O) groups is 2. The first-order valence-electron chi connectivity index (χ1n) is 12.6. The number of likely N-dealkylation sites (tertiary alicyclic amines) is 2. The normalized spacial score (nSPS) is 18.5. The minimum atomic E-state index is -0.664. The highest BCUT2D eigenvalue weighted by Crippen LogP contribution is 2.31. The van der Waals surface area contributed by atoms with E-state index in [9.17, 15) is 9.59 Å². The number of anilines is 1. The molecule has 3 heterocycles. The Bertz CT molecular complexity index is 1100. The van der Waals surface area contributed by atoms with Crippen molar-refractivity contribution in [3.05, 3.63) is 47.3 Å². The van der Waals surface area contributed by atoms with Gasteiger partial charge in [-0.1, -0.05) is 24.1 Å². The number of nitrogens with zero attached hydrogens (tertiary/aromatic N) is 5. The summed E-state index contributed by atoms with van der Waals surface area (Å²) in [4.78, 5) is 43.3. The van der Waals surface area contributed by atoms with Gasteiger partial charge in [-0.2, -0.15) is 4.99 Å². The van der Waals surface area contributed by atoms with E-state index in [2.05, 4.69) is 30.5 Å². The monoisotopic (exact) mass is 492 g/mol. The average molecular weight is 493 g/mol. The Kier molecular flexibility index (Phi) is 7.83. The summed E-state index contributed by atoms with van der Waals surface area (Å²) in [5, 5.41) is 5.74. The van der Waals surface area contributed by atoms with Crippen LogP contribution in [0.5, 0.6) is 0 Å². The summed E-state index contributed by atoms with van der Waals surface area (Å²) in [7, 11) is 0. The molecule has 0 spiro atoms. The second-order valence-electron chi connectivity index (χ2n) is 9.76. The summed E-state index contributed by atoms with van der Waals surface area (Å²) >= 11 is 0. The maximum Gasteiger partial charge on any atom is 0.326 e. The predicted molar refractivity (Wildman–Crippen MR) is 140 cm³/mol. The van der Waals surface area contributed by atoms with Gasteiger partial charge in [-0.15, -0.1) is 0 Å². The van der Waals surface area contributed by atoms with Gasteiger partial charge in [-0.3, -0.25) is 15.0 Å². The summed E-state index contributed by atoms with van der Waals surface area (Å²) in [5.74, 6) is 0.354. The van der Waals surface area contributed by atoms with Gasteiger partial charge in [-0.25, -0.2) is 14.8 Å². The third kappa shape index (κ3) is 5.99. The van der Waals surface area contributed by atoms with Crippen molar-refractivity contribution in [2.75, 3.05) is 31.5 Å². The number of rotatable bonds is 4. The number of nitrogens with one attached hydrogen (secondary N) is 2. The SMILES string of the molecule is Cc1ccc(NC(=O)N/C(=N\c2nc(C)cc(C)n2)N2CCC(C(N)=O)(N3CCCCC3)CC2)cc1. The van der Waals surface area contributed by atoms with Crippen molar-refractivity contribution in [2.45, 2.75) is 58.4 Å². The van der Waals surface area contributed by atoms with Crippen LogP contribution in [0.1, 0.15) is 49.1 Å². The van der Waals surface area contributed by atoms with Gasteiger partial charge in [0.15, 0.2) is 0 Å². The van der Waals surface area contributed by atoms with E-state index in [1.807, 2.05) is 56.0 Å². The molecule has 0 atom stereocenters. The molecule has 10 nitrogen and oxygen atoms in total. The number of piperidine rings is 2. The molecule has 0 radical (unpaired) electrons. The smallest absolute Gasteiger partial charge is 0.326 e. The number of guanidine groups is 1. The minimum Gasteiger partial charge on any atom is -0.368 e. The molecule has 0 bridgehead atoms. The molecule has 2 saturated heterocycles. The molecule has 0 unspecified atom stereocenters. The maximum absolute atomic E-state index is 12.9. The minimum absolute atomic E-state index is 0.273. The van der Waals surface area contributed by atoms with Gasteiger partial charge in [0.25, 0.3) is 5.95 Å². The summed E-state index contributed by atoms with van der Waals surface area (Å²) in [6, 6.07) is 9.02. The molecule has 1 aromatic carbocycles. The van der Waals surface area contributed by atoms with Crippen molar-refractivity contribution in [1.82, 2.24) is 25.1 Å². The van der Waals surface area contributed by atoms with E-state index < -0.39 is 11.6 Å². The molecule has 1 aromatic heterocycles. The number of benzene rings is 1. The Morgan fingerprint density at radius 3 is 2.14 bits per heavy atom. The molecule has 2 aromatic rings. The maximum atomic E-state index is 12.9. The number of hydrogen-bond acceptors (Lipinski definition) is 6. The number of aryl methyl sites for hydroxylation is 3. The van der Waals surface area contributed by atoms with Crippen LogP contribution in [-0.2, 0) is 4.79 Å². The van der Waals surface area contributed by atoms with Gasteiger partial charge in [-0.05, 0) is 77.7 Å². The third-order valence-electron chi connectivity index (χ3n) is 7.02. The first-order chi connectivity index (χ1) is 17.2. The standard InChI is InChI=1S/C26H36N8O2/c1-18-7-9-21(10-8-18)30-25(36)32-24(31-23-28-19(2)17-20(3)29-23)33-15-11-26(12-16-33,22(27)35)34-13-5-4-6-14-34/h7-10,17H,4-6,11-16H2,1-3H3,(H2,27,35)(H2,28,29,30,31,32,36). The van der Waals surface area contributed by atoms with E-state index in [1.54, 1.807) is 0 Å². The highest BCUT2D eigenvalue weighted by atomic mass is 16.2. The van der Waals surface area contributed by atoms with E-state index in [-0.39, 0.29) is 11.9 Å². The molecular formula is C26H36N8O2. The van der Waals surface area contributed by atoms with E-state index in [1.165, 1.54) is 6.42 Å². The van der Waals surface area contributed by atoms with E-state index in [0.29, 0.717) is 37.6 Å². The number of primary amides is 1. The van der Waals surface area contributed by atoms with Crippen LogP contribution in [0.4, 0.5) is 16.4 Å². The van der Waals surface area contributed by atoms with Gasteiger partial charge in [0.05, 0.1) is 0 Å². The first-order valence-corrected chi connectivity index (χ1v) is 12.6. The van der Waals surface area contributed by atoms with Crippen LogP contribution in [0.25, 0.3) is 0 Å². The fourth-order valence-electron chi connectivity index (χ4n) is 5.06. The number of nitrogens with two attached hydrogens (primary N) is 1. The van der Waals surface area contributed by atoms with Gasteiger partial charge < -0.3 is 16.0 Å². The summed E-state index contributed by atoms with van der Waals surface area (Å²) in [6.07, 6.45) is 4.48. The molecule has 0 aliphatic carbocycles. The molecule has 36 heavy (non-hydrogen) atoms. The van der Waals surface area contributed by atoms with Gasteiger partial charge in [0, 0.05) is 30.2 Å². The van der Waals surface area contributed by atoms with Crippen molar-refractivity contribution < 1.29 is 9.59 Å². The van der Waals surface area contributed by atoms with Crippen molar-refractivity contribution in [3.63, 3.8) is 0 Å². The van der Waals surface area contributed by atoms with E-state index in [4.69, 9.17) is 5.73 Å². The largest absolute Gasteiger partial charge is 0.368 e. The predicted octanol–water partition coefficient (Wildman–Crippen LogP) is 3.02. The number of aliphatic imine (C=N–C) groups is 1. The van der Waals surface area contributed by atoms with Crippen LogP contribution in [0.15, 0.2) is 35.3 Å². The van der Waals surface area contributed by atoms with Crippen molar-refractivity contribution in [2.24, 2.45) is 10.7 Å². The van der Waals surface area contributed by atoms with Crippen molar-refractivity contribution >= 4 is 29.5 Å². The van der Waals surface area contributed by atoms with Gasteiger partial charge in [0.1, 0.15) is 5.54 Å². The highest BCUT2D eigenvalue weighted by molar-refractivity contribution is 6.03. The zero-order chi connectivity index (χ0) is 25.7. The Hall–Kier alpha value is -3.53. The van der Waals surface area contributed by atoms with Gasteiger partial charge >= 0.3 is 6.03 Å². The Balaban J connectivity index is 1.55. The lowest BCUT2D eigenvalue weighted by molar-refractivity contribution is -0.134. The van der Waals surface area contributed by atoms with E-state index >= 15 is 0 Å². The molecular weight excluding hydrogens is 456 g/mol. The summed E-state index contributed by atoms with van der Waals surface area (Å²) < 4.78 is 0. The van der Waals surface area contributed by atoms with Crippen LogP contribution in [0.3, 0.4) is 0 Å². The lowest BCUT2D eigenvalue weighted by Crippen LogP contribution is -2.64. The molecule has 0 saturated carbocycles. The molecule has 4 rings (SSSR count). The topological polar surface area (TPSA) is 129 Å². The molecule has 10 heteroatoms. The van der Waals surface area contributed by atoms with Crippen molar-refractivity contribution in [1.29, 1.82) is 0 Å². The number of carbonyl (C=O) groups excluding carboxylic acids is 2. The highest BCUT2D eigenvalue weighted by Gasteiger charge is 2.45. The molecule has 4 N–H and O–H groups in total. The summed E-state index contributed by atoms with van der Waals surface area (Å²) in [5.41, 5.74) is 8.67. The quantitative estimate of drug-likeness (QED) is 0.445. The lowest BCUT2D eigenvalue weighted by atomic mass is 9.83. The zero-order valence-electron chi connectivity index (χ0n) is 21.4. The molecule has 2 aliphatic heterocycles. The lowest BCUT2D eigenvalue weighted by Gasteiger charge is -2.48.